The standard InChI is InChI=1S/C25H21N3O/c29-25(24-14-18-10-4-6-12-22(18)28-24)27-15-20(17-8-2-1-3-9-17)21-16-26-23-13-7-5-11-19(21)23/h1-14,16,20,26,28H,15H2,(H,27,29)/t20-/m0/s1. The Labute approximate surface area is 168 Å². The van der Waals surface area contributed by atoms with Gasteiger partial charge < -0.3 is 15.3 Å². The third-order valence-corrected chi connectivity index (χ3v) is 5.44. The number of H-pyrrole nitrogens is 2. The van der Waals surface area contributed by atoms with E-state index in [1.807, 2.05) is 60.7 Å². The number of hydrogen-bond donors (Lipinski definition) is 3. The third-order valence-electron chi connectivity index (χ3n) is 5.44. The lowest BCUT2D eigenvalue weighted by atomic mass is 9.91. The van der Waals surface area contributed by atoms with Crippen LogP contribution in [0.2, 0.25) is 0 Å². The number of carbonyl (C=O) groups is 1. The van der Waals surface area contributed by atoms with Crippen LogP contribution in [0.5, 0.6) is 0 Å². The molecular formula is C25H21N3O. The van der Waals surface area contributed by atoms with E-state index in [1.165, 1.54) is 16.5 Å². The summed E-state index contributed by atoms with van der Waals surface area (Å²) in [4.78, 5) is 19.4. The average molecular weight is 379 g/mol. The zero-order valence-electron chi connectivity index (χ0n) is 15.9. The lowest BCUT2D eigenvalue weighted by molar-refractivity contribution is 0.0948. The van der Waals surface area contributed by atoms with Gasteiger partial charge in [-0.2, -0.15) is 0 Å². The average Bonchev–Trinajstić information content (AvgIpc) is 3.39. The molecule has 0 saturated carbocycles. The highest BCUT2D eigenvalue weighted by Crippen LogP contribution is 2.30. The van der Waals surface area contributed by atoms with Crippen LogP contribution in [0.1, 0.15) is 27.5 Å². The number of nitrogens with one attached hydrogen (secondary N) is 3. The molecule has 0 unspecified atom stereocenters. The maximum atomic E-state index is 12.8. The molecule has 2 heterocycles. The molecule has 0 aliphatic carbocycles. The molecule has 5 rings (SSSR count). The summed E-state index contributed by atoms with van der Waals surface area (Å²) in [5, 5.41) is 5.35. The molecule has 0 aliphatic rings. The van der Waals surface area contributed by atoms with Crippen LogP contribution in [0.3, 0.4) is 0 Å². The van der Waals surface area contributed by atoms with Gasteiger partial charge in [-0.3, -0.25) is 4.79 Å². The van der Waals surface area contributed by atoms with Crippen LogP contribution < -0.4 is 5.32 Å². The zero-order valence-corrected chi connectivity index (χ0v) is 15.9. The maximum Gasteiger partial charge on any atom is 0.267 e. The molecule has 0 aliphatic heterocycles. The molecular weight excluding hydrogens is 358 g/mol. The van der Waals surface area contributed by atoms with Crippen LogP contribution in [0, 0.1) is 0 Å². The van der Waals surface area contributed by atoms with Crippen molar-refractivity contribution in [3.63, 3.8) is 0 Å². The smallest absolute Gasteiger partial charge is 0.267 e. The van der Waals surface area contributed by atoms with Crippen molar-refractivity contribution < 1.29 is 4.79 Å². The van der Waals surface area contributed by atoms with Gasteiger partial charge in [0.05, 0.1) is 0 Å². The minimum Gasteiger partial charge on any atom is -0.361 e. The minimum atomic E-state index is -0.0954. The lowest BCUT2D eigenvalue weighted by Crippen LogP contribution is -2.29. The molecule has 1 atom stereocenters. The van der Waals surface area contributed by atoms with Gasteiger partial charge in [-0.15, -0.1) is 0 Å². The number of amides is 1. The van der Waals surface area contributed by atoms with E-state index in [0.29, 0.717) is 12.2 Å². The van der Waals surface area contributed by atoms with Crippen molar-refractivity contribution in [3.05, 3.63) is 108 Å². The summed E-state index contributed by atoms with van der Waals surface area (Å²) in [6.45, 7) is 0.514. The molecule has 1 amide bonds. The summed E-state index contributed by atoms with van der Waals surface area (Å²) in [6.07, 6.45) is 2.05. The molecule has 0 spiro atoms. The molecule has 142 valence electrons. The van der Waals surface area contributed by atoms with Crippen LogP contribution in [0.15, 0.2) is 91.1 Å². The SMILES string of the molecule is O=C(NC[C@@H](c1ccccc1)c1c[nH]c2ccccc12)c1cc2ccccc2[nH]1. The Morgan fingerprint density at radius 1 is 0.862 bits per heavy atom. The second-order valence-corrected chi connectivity index (χ2v) is 7.23. The fourth-order valence-corrected chi connectivity index (χ4v) is 3.96. The molecule has 4 nitrogen and oxygen atoms in total. The zero-order chi connectivity index (χ0) is 19.6. The van der Waals surface area contributed by atoms with E-state index in [2.05, 4.69) is 45.7 Å². The minimum absolute atomic E-state index is 0.0562. The fraction of sp³-hybridized carbons (Fsp3) is 0.0800. The predicted octanol–water partition coefficient (Wildman–Crippen LogP) is 5.21. The van der Waals surface area contributed by atoms with Crippen LogP contribution in [-0.2, 0) is 0 Å². The summed E-state index contributed by atoms with van der Waals surface area (Å²) >= 11 is 0. The molecule has 4 heteroatoms. The second kappa shape index (κ2) is 7.32. The number of rotatable bonds is 5. The number of carbonyl (C=O) groups excluding carboxylic acids is 1. The number of aromatic amines is 2. The molecule has 3 aromatic carbocycles. The number of para-hydroxylation sites is 2. The normalized spacial score (nSPS) is 12.3. The first-order chi connectivity index (χ1) is 14.3. The van der Waals surface area contributed by atoms with Gasteiger partial charge in [0.2, 0.25) is 0 Å². The Morgan fingerprint density at radius 3 is 2.41 bits per heavy atom. The van der Waals surface area contributed by atoms with E-state index in [9.17, 15) is 4.79 Å². The highest BCUT2D eigenvalue weighted by Gasteiger charge is 2.19. The maximum absolute atomic E-state index is 12.8. The number of aromatic nitrogens is 2. The van der Waals surface area contributed by atoms with E-state index in [-0.39, 0.29) is 11.8 Å². The molecule has 5 aromatic rings. The third kappa shape index (κ3) is 3.29. The Balaban J connectivity index is 1.45. The van der Waals surface area contributed by atoms with Gasteiger partial charge in [0.1, 0.15) is 5.69 Å². The van der Waals surface area contributed by atoms with Crippen LogP contribution in [0.4, 0.5) is 0 Å². The summed E-state index contributed by atoms with van der Waals surface area (Å²) in [5.74, 6) is -0.0392. The van der Waals surface area contributed by atoms with Crippen molar-refractivity contribution in [2.24, 2.45) is 0 Å². The van der Waals surface area contributed by atoms with Crippen LogP contribution in [0.25, 0.3) is 21.8 Å². The molecule has 0 radical (unpaired) electrons. The first-order valence-electron chi connectivity index (χ1n) is 9.76. The van der Waals surface area contributed by atoms with Gasteiger partial charge >= 0.3 is 0 Å². The molecule has 2 aromatic heterocycles. The van der Waals surface area contributed by atoms with E-state index >= 15 is 0 Å². The number of hydrogen-bond acceptors (Lipinski definition) is 1. The van der Waals surface area contributed by atoms with Crippen molar-refractivity contribution in [1.82, 2.24) is 15.3 Å². The fourth-order valence-electron chi connectivity index (χ4n) is 3.96. The van der Waals surface area contributed by atoms with Crippen molar-refractivity contribution in [2.75, 3.05) is 6.54 Å². The monoisotopic (exact) mass is 379 g/mol. The number of fused-ring (bicyclic) bond motifs is 2. The first-order valence-corrected chi connectivity index (χ1v) is 9.76. The molecule has 29 heavy (non-hydrogen) atoms. The van der Waals surface area contributed by atoms with E-state index in [4.69, 9.17) is 0 Å². The van der Waals surface area contributed by atoms with Gasteiger partial charge in [-0.05, 0) is 29.3 Å². The Hall–Kier alpha value is -3.79. The largest absolute Gasteiger partial charge is 0.361 e. The Bertz CT molecular complexity index is 1250. The highest BCUT2D eigenvalue weighted by molar-refractivity contribution is 5.98. The van der Waals surface area contributed by atoms with Crippen molar-refractivity contribution >= 4 is 27.7 Å². The summed E-state index contributed by atoms with van der Waals surface area (Å²) in [6, 6.07) is 28.4. The van der Waals surface area contributed by atoms with Crippen LogP contribution in [-0.4, -0.2) is 22.4 Å². The highest BCUT2D eigenvalue weighted by atomic mass is 16.1. The molecule has 0 bridgehead atoms. The number of benzene rings is 3. The van der Waals surface area contributed by atoms with E-state index < -0.39 is 0 Å². The second-order valence-electron chi connectivity index (χ2n) is 7.23. The Kier molecular flexibility index (Phi) is 4.37. The first kappa shape index (κ1) is 17.3. The summed E-state index contributed by atoms with van der Waals surface area (Å²) < 4.78 is 0. The van der Waals surface area contributed by atoms with Gasteiger partial charge in [-0.1, -0.05) is 66.7 Å². The van der Waals surface area contributed by atoms with Gasteiger partial charge in [-0.25, -0.2) is 0 Å². The Morgan fingerprint density at radius 2 is 1.59 bits per heavy atom. The predicted molar refractivity (Wildman–Crippen MR) is 117 cm³/mol. The van der Waals surface area contributed by atoms with Gasteiger partial charge in [0.25, 0.3) is 5.91 Å². The lowest BCUT2D eigenvalue weighted by Gasteiger charge is -2.18. The van der Waals surface area contributed by atoms with E-state index in [1.54, 1.807) is 0 Å². The van der Waals surface area contributed by atoms with Crippen molar-refractivity contribution in [3.8, 4) is 0 Å². The summed E-state index contributed by atoms with van der Waals surface area (Å²) in [5.41, 5.74) is 5.01. The molecule has 0 fully saturated rings. The van der Waals surface area contributed by atoms with E-state index in [0.717, 1.165) is 16.4 Å². The quantitative estimate of drug-likeness (QED) is 0.386. The van der Waals surface area contributed by atoms with Crippen molar-refractivity contribution in [2.45, 2.75) is 5.92 Å². The summed E-state index contributed by atoms with van der Waals surface area (Å²) in [7, 11) is 0. The van der Waals surface area contributed by atoms with Gasteiger partial charge in [0, 0.05) is 40.5 Å². The topological polar surface area (TPSA) is 60.7 Å². The van der Waals surface area contributed by atoms with Crippen LogP contribution >= 0.6 is 0 Å². The van der Waals surface area contributed by atoms with Gasteiger partial charge in [0.15, 0.2) is 0 Å². The molecule has 3 N–H and O–H groups in total. The van der Waals surface area contributed by atoms with Crippen molar-refractivity contribution in [1.29, 1.82) is 0 Å². The molecule has 0 saturated heterocycles.